The molecule has 1 atom stereocenters. The molecule has 130 valence electrons. The molecule has 2 amide bonds. The van der Waals surface area contributed by atoms with E-state index in [0.29, 0.717) is 13.1 Å². The molecule has 2 aromatic rings. The van der Waals surface area contributed by atoms with E-state index in [1.54, 1.807) is 11.8 Å². The summed E-state index contributed by atoms with van der Waals surface area (Å²) in [5, 5.41) is 2.56. The number of halogens is 2. The zero-order valence-electron chi connectivity index (χ0n) is 13.8. The summed E-state index contributed by atoms with van der Waals surface area (Å²) in [4.78, 5) is 26.6. The Morgan fingerprint density at radius 2 is 1.88 bits per heavy atom. The molecule has 1 aliphatic heterocycles. The summed E-state index contributed by atoms with van der Waals surface area (Å²) in [6.45, 7) is 2.70. The number of nitrogens with zero attached hydrogens (tertiary/aromatic N) is 1. The molecule has 0 fully saturated rings. The summed E-state index contributed by atoms with van der Waals surface area (Å²) in [6, 6.07) is 11.2. The van der Waals surface area contributed by atoms with Crippen molar-refractivity contribution in [2.75, 3.05) is 6.54 Å². The Morgan fingerprint density at radius 3 is 2.60 bits per heavy atom. The molecule has 0 unspecified atom stereocenters. The van der Waals surface area contributed by atoms with E-state index in [4.69, 9.17) is 11.6 Å². The Bertz CT molecular complexity index is 805. The largest absolute Gasteiger partial charge is 0.340 e. The maximum atomic E-state index is 13.8. The van der Waals surface area contributed by atoms with Crippen LogP contribution in [0.2, 0.25) is 5.02 Å². The molecule has 0 bridgehead atoms. The van der Waals surface area contributed by atoms with E-state index in [-0.39, 0.29) is 16.5 Å². The molecule has 6 heteroatoms. The highest BCUT2D eigenvalue weighted by molar-refractivity contribution is 6.33. The first-order valence-corrected chi connectivity index (χ1v) is 8.45. The highest BCUT2D eigenvalue weighted by Gasteiger charge is 2.27. The third kappa shape index (κ3) is 3.66. The molecule has 0 spiro atoms. The SMILES string of the molecule is C[C@@H](NC(=O)c1c(F)cccc1Cl)C(=O)N1CCc2ccccc2C1. The van der Waals surface area contributed by atoms with Gasteiger partial charge in [-0.05, 0) is 36.6 Å². The first-order valence-electron chi connectivity index (χ1n) is 8.08. The highest BCUT2D eigenvalue weighted by atomic mass is 35.5. The van der Waals surface area contributed by atoms with Gasteiger partial charge in [0.15, 0.2) is 0 Å². The Morgan fingerprint density at radius 1 is 1.16 bits per heavy atom. The summed E-state index contributed by atoms with van der Waals surface area (Å²) in [7, 11) is 0. The van der Waals surface area contributed by atoms with Gasteiger partial charge in [-0.3, -0.25) is 9.59 Å². The van der Waals surface area contributed by atoms with Gasteiger partial charge in [0.2, 0.25) is 5.91 Å². The fourth-order valence-electron chi connectivity index (χ4n) is 3.00. The molecule has 1 heterocycles. The predicted molar refractivity (Wildman–Crippen MR) is 93.9 cm³/mol. The van der Waals surface area contributed by atoms with Crippen LogP contribution in [0, 0.1) is 5.82 Å². The molecule has 4 nitrogen and oxygen atoms in total. The van der Waals surface area contributed by atoms with Crippen LogP contribution in [-0.4, -0.2) is 29.3 Å². The normalized spacial score (nSPS) is 14.6. The van der Waals surface area contributed by atoms with Crippen LogP contribution >= 0.6 is 11.6 Å². The number of nitrogens with one attached hydrogen (secondary N) is 1. The summed E-state index contributed by atoms with van der Waals surface area (Å²) >= 11 is 5.90. The lowest BCUT2D eigenvalue weighted by molar-refractivity contribution is -0.133. The summed E-state index contributed by atoms with van der Waals surface area (Å²) < 4.78 is 13.8. The number of hydrogen-bond donors (Lipinski definition) is 1. The van der Waals surface area contributed by atoms with Crippen LogP contribution in [0.1, 0.15) is 28.4 Å². The van der Waals surface area contributed by atoms with Gasteiger partial charge in [0.05, 0.1) is 10.6 Å². The van der Waals surface area contributed by atoms with Crippen LogP contribution in [0.25, 0.3) is 0 Å². The Labute approximate surface area is 150 Å². The average Bonchev–Trinajstić information content (AvgIpc) is 2.60. The van der Waals surface area contributed by atoms with Gasteiger partial charge in [-0.2, -0.15) is 0 Å². The minimum Gasteiger partial charge on any atom is -0.340 e. The van der Waals surface area contributed by atoms with E-state index in [2.05, 4.69) is 11.4 Å². The number of fused-ring (bicyclic) bond motifs is 1. The smallest absolute Gasteiger partial charge is 0.256 e. The van der Waals surface area contributed by atoms with E-state index >= 15 is 0 Å². The van der Waals surface area contributed by atoms with Crippen LogP contribution < -0.4 is 5.32 Å². The Hall–Kier alpha value is -2.40. The van der Waals surface area contributed by atoms with E-state index in [1.807, 2.05) is 18.2 Å². The van der Waals surface area contributed by atoms with Crippen molar-refractivity contribution in [3.05, 3.63) is 70.0 Å². The number of carbonyl (C=O) groups is 2. The lowest BCUT2D eigenvalue weighted by atomic mass is 9.99. The van der Waals surface area contributed by atoms with Gasteiger partial charge in [-0.25, -0.2) is 4.39 Å². The van der Waals surface area contributed by atoms with Crippen molar-refractivity contribution in [2.24, 2.45) is 0 Å². The third-order valence-corrected chi connectivity index (χ3v) is 4.67. The second-order valence-corrected chi connectivity index (χ2v) is 6.48. The molecule has 0 radical (unpaired) electrons. The van der Waals surface area contributed by atoms with Crippen molar-refractivity contribution in [3.8, 4) is 0 Å². The summed E-state index contributed by atoms with van der Waals surface area (Å²) in [6.07, 6.45) is 0.779. The molecular formula is C19H18ClFN2O2. The van der Waals surface area contributed by atoms with Crippen molar-refractivity contribution < 1.29 is 14.0 Å². The second-order valence-electron chi connectivity index (χ2n) is 6.07. The molecule has 25 heavy (non-hydrogen) atoms. The molecule has 0 aliphatic carbocycles. The fourth-order valence-corrected chi connectivity index (χ4v) is 3.25. The minimum atomic E-state index is -0.770. The van der Waals surface area contributed by atoms with Crippen molar-refractivity contribution in [3.63, 3.8) is 0 Å². The standard InChI is InChI=1S/C19H18ClFN2O2/c1-12(22-18(24)17-15(20)7-4-8-16(17)21)19(25)23-10-9-13-5-2-3-6-14(13)11-23/h2-8,12H,9-11H2,1H3,(H,22,24)/t12-/m1/s1. The van der Waals surface area contributed by atoms with Crippen molar-refractivity contribution in [1.29, 1.82) is 0 Å². The number of hydrogen-bond acceptors (Lipinski definition) is 2. The van der Waals surface area contributed by atoms with Crippen LogP contribution in [0.3, 0.4) is 0 Å². The van der Waals surface area contributed by atoms with Gasteiger partial charge in [0.1, 0.15) is 11.9 Å². The summed E-state index contributed by atoms with van der Waals surface area (Å²) in [5.41, 5.74) is 2.10. The molecule has 3 rings (SSSR count). The van der Waals surface area contributed by atoms with Gasteiger partial charge in [0, 0.05) is 13.1 Å². The second kappa shape index (κ2) is 7.23. The zero-order valence-corrected chi connectivity index (χ0v) is 14.5. The predicted octanol–water partition coefficient (Wildman–Crippen LogP) is 3.18. The number of carbonyl (C=O) groups excluding carboxylic acids is 2. The van der Waals surface area contributed by atoms with E-state index < -0.39 is 17.8 Å². The molecule has 1 N–H and O–H groups in total. The number of benzene rings is 2. The zero-order chi connectivity index (χ0) is 18.0. The van der Waals surface area contributed by atoms with Crippen molar-refractivity contribution in [1.82, 2.24) is 10.2 Å². The van der Waals surface area contributed by atoms with Crippen LogP contribution in [0.4, 0.5) is 4.39 Å². The van der Waals surface area contributed by atoms with Gasteiger partial charge < -0.3 is 10.2 Å². The fraction of sp³-hybridized carbons (Fsp3) is 0.263. The Balaban J connectivity index is 1.68. The lowest BCUT2D eigenvalue weighted by Gasteiger charge is -2.31. The van der Waals surface area contributed by atoms with Crippen LogP contribution in [0.15, 0.2) is 42.5 Å². The first kappa shape index (κ1) is 17.4. The van der Waals surface area contributed by atoms with E-state index in [9.17, 15) is 14.0 Å². The molecule has 1 aliphatic rings. The quantitative estimate of drug-likeness (QED) is 0.914. The van der Waals surface area contributed by atoms with E-state index in [0.717, 1.165) is 18.1 Å². The molecule has 0 saturated carbocycles. The van der Waals surface area contributed by atoms with Gasteiger partial charge >= 0.3 is 0 Å². The Kier molecular flexibility index (Phi) is 5.04. The first-order chi connectivity index (χ1) is 12.0. The van der Waals surface area contributed by atoms with Gasteiger partial charge in [0.25, 0.3) is 5.91 Å². The summed E-state index contributed by atoms with van der Waals surface area (Å²) in [5.74, 6) is -1.60. The lowest BCUT2D eigenvalue weighted by Crippen LogP contribution is -2.48. The maximum absolute atomic E-state index is 13.8. The van der Waals surface area contributed by atoms with Gasteiger partial charge in [-0.15, -0.1) is 0 Å². The van der Waals surface area contributed by atoms with Crippen molar-refractivity contribution >= 4 is 23.4 Å². The monoisotopic (exact) mass is 360 g/mol. The molecular weight excluding hydrogens is 343 g/mol. The highest BCUT2D eigenvalue weighted by Crippen LogP contribution is 2.20. The number of amides is 2. The molecule has 0 aromatic heterocycles. The third-order valence-electron chi connectivity index (χ3n) is 4.35. The number of rotatable bonds is 3. The van der Waals surface area contributed by atoms with Crippen molar-refractivity contribution in [2.45, 2.75) is 25.9 Å². The topological polar surface area (TPSA) is 49.4 Å². The van der Waals surface area contributed by atoms with Gasteiger partial charge in [-0.1, -0.05) is 41.9 Å². The molecule has 2 aromatic carbocycles. The molecule has 0 saturated heterocycles. The van der Waals surface area contributed by atoms with E-state index in [1.165, 1.54) is 17.7 Å². The maximum Gasteiger partial charge on any atom is 0.256 e. The average molecular weight is 361 g/mol. The minimum absolute atomic E-state index is 0.0176. The van der Waals surface area contributed by atoms with Crippen LogP contribution in [-0.2, 0) is 17.8 Å². The van der Waals surface area contributed by atoms with Crippen LogP contribution in [0.5, 0.6) is 0 Å².